The molecule has 3 amide bonds. The summed E-state index contributed by atoms with van der Waals surface area (Å²) < 4.78 is 10.6. The summed E-state index contributed by atoms with van der Waals surface area (Å²) in [6.07, 6.45) is 5.33. The molecule has 0 spiro atoms. The zero-order valence-electron chi connectivity index (χ0n) is 26.1. The third kappa shape index (κ3) is 8.90. The summed E-state index contributed by atoms with van der Waals surface area (Å²) in [5.74, 6) is -0.902. The van der Waals surface area contributed by atoms with Gasteiger partial charge in [-0.1, -0.05) is 36.4 Å². The Morgan fingerprint density at radius 1 is 0.915 bits per heavy atom. The molecular weight excluding hydrogens is 635 g/mol. The van der Waals surface area contributed by atoms with Crippen LogP contribution in [0.1, 0.15) is 56.5 Å². The Balaban J connectivity index is 1.27. The highest BCUT2D eigenvalue weighted by Gasteiger charge is 2.27. The van der Waals surface area contributed by atoms with E-state index in [1.165, 1.54) is 23.1 Å². The number of rotatable bonds is 12. The summed E-state index contributed by atoms with van der Waals surface area (Å²) in [6.45, 7) is 2.03. The van der Waals surface area contributed by atoms with Gasteiger partial charge in [0.2, 0.25) is 5.91 Å². The van der Waals surface area contributed by atoms with Crippen LogP contribution in [0.3, 0.4) is 0 Å². The number of fused-ring (bicyclic) bond motifs is 1. The highest BCUT2D eigenvalue weighted by Crippen LogP contribution is 2.39. The van der Waals surface area contributed by atoms with Crippen molar-refractivity contribution in [1.29, 1.82) is 0 Å². The molecule has 0 saturated heterocycles. The molecule has 1 aliphatic carbocycles. The van der Waals surface area contributed by atoms with Gasteiger partial charge < -0.3 is 25.4 Å². The van der Waals surface area contributed by atoms with Crippen molar-refractivity contribution in [2.75, 3.05) is 30.1 Å². The zero-order chi connectivity index (χ0) is 33.2. The Hall–Kier alpha value is -4.87. The van der Waals surface area contributed by atoms with E-state index in [0.717, 1.165) is 41.0 Å². The molecule has 9 nitrogen and oxygen atoms in total. The molecule has 0 aliphatic heterocycles. The molecule has 242 valence electrons. The molecule has 0 bridgehead atoms. The van der Waals surface area contributed by atoms with Crippen LogP contribution in [0, 0.1) is 0 Å². The molecule has 0 atom stereocenters. The van der Waals surface area contributed by atoms with Crippen LogP contribution in [0.15, 0.2) is 89.5 Å². The molecule has 5 rings (SSSR count). The van der Waals surface area contributed by atoms with Gasteiger partial charge in [-0.25, -0.2) is 4.79 Å². The summed E-state index contributed by atoms with van der Waals surface area (Å²) in [6, 6.07) is 22.9. The number of methoxy groups -OCH3 is 1. The molecule has 11 heteroatoms. The van der Waals surface area contributed by atoms with Gasteiger partial charge in [0.15, 0.2) is 0 Å². The van der Waals surface area contributed by atoms with Crippen LogP contribution in [-0.2, 0) is 27.2 Å². The minimum absolute atomic E-state index is 0.0422. The van der Waals surface area contributed by atoms with Crippen molar-refractivity contribution in [2.24, 2.45) is 0 Å². The monoisotopic (exact) mass is 669 g/mol. The lowest BCUT2D eigenvalue weighted by molar-refractivity contribution is -0.114. The summed E-state index contributed by atoms with van der Waals surface area (Å²) in [7, 11) is 1.55. The predicted octanol–water partition coefficient (Wildman–Crippen LogP) is 6.95. The number of nitrogens with one attached hydrogen (secondary N) is 3. The van der Waals surface area contributed by atoms with Crippen molar-refractivity contribution < 1.29 is 28.7 Å². The number of ether oxygens (including phenoxy) is 2. The van der Waals surface area contributed by atoms with E-state index in [2.05, 4.69) is 16.0 Å². The minimum Gasteiger partial charge on any atom is -0.497 e. The second kappa shape index (κ2) is 16.1. The van der Waals surface area contributed by atoms with Gasteiger partial charge in [0.25, 0.3) is 11.8 Å². The first kappa shape index (κ1) is 33.5. The highest BCUT2D eigenvalue weighted by atomic mass is 32.2. The SMILES string of the molecule is CCOC(=O)c1c(NC(=O)CSc2cccc(NC(=O)/C(=C/c3cccc(OC)c3)NC(=O)c3ccccc3)c2)sc2c1CCCC2. The van der Waals surface area contributed by atoms with Crippen molar-refractivity contribution in [2.45, 2.75) is 37.5 Å². The zero-order valence-corrected chi connectivity index (χ0v) is 27.7. The topological polar surface area (TPSA) is 123 Å². The molecule has 0 radical (unpaired) electrons. The minimum atomic E-state index is -0.523. The van der Waals surface area contributed by atoms with Crippen LogP contribution in [-0.4, -0.2) is 43.2 Å². The Morgan fingerprint density at radius 2 is 1.70 bits per heavy atom. The number of aryl methyl sites for hydroxylation is 1. The fraction of sp³-hybridized carbons (Fsp3) is 0.222. The van der Waals surface area contributed by atoms with Gasteiger partial charge in [-0.15, -0.1) is 23.1 Å². The molecule has 0 fully saturated rings. The number of benzene rings is 3. The molecule has 1 aromatic heterocycles. The quantitative estimate of drug-likeness (QED) is 0.0848. The Bertz CT molecular complexity index is 1800. The average Bonchev–Trinajstić information content (AvgIpc) is 3.45. The molecular formula is C36H35N3O6S2. The van der Waals surface area contributed by atoms with Crippen LogP contribution >= 0.6 is 23.1 Å². The van der Waals surface area contributed by atoms with Crippen LogP contribution in [0.4, 0.5) is 10.7 Å². The number of carbonyl (C=O) groups is 4. The average molecular weight is 670 g/mol. The van der Waals surface area contributed by atoms with Gasteiger partial charge in [0.05, 0.1) is 25.0 Å². The van der Waals surface area contributed by atoms with Crippen molar-refractivity contribution in [3.05, 3.63) is 112 Å². The molecule has 4 aromatic rings. The molecule has 1 heterocycles. The lowest BCUT2D eigenvalue weighted by atomic mass is 9.95. The number of thioether (sulfide) groups is 1. The number of thiophene rings is 1. The summed E-state index contributed by atoms with van der Waals surface area (Å²) in [5, 5.41) is 9.06. The Morgan fingerprint density at radius 3 is 2.49 bits per heavy atom. The Kier molecular flexibility index (Phi) is 11.5. The van der Waals surface area contributed by atoms with Crippen molar-refractivity contribution >= 4 is 63.6 Å². The van der Waals surface area contributed by atoms with Gasteiger partial charge in [-0.05, 0) is 92.3 Å². The second-order valence-corrected chi connectivity index (χ2v) is 12.8. The molecule has 3 aromatic carbocycles. The van der Waals surface area contributed by atoms with E-state index in [1.54, 1.807) is 92.9 Å². The number of amides is 3. The van der Waals surface area contributed by atoms with Gasteiger partial charge in [-0.3, -0.25) is 14.4 Å². The van der Waals surface area contributed by atoms with Gasteiger partial charge in [0.1, 0.15) is 16.4 Å². The van der Waals surface area contributed by atoms with Gasteiger partial charge in [-0.2, -0.15) is 0 Å². The number of hydrogen-bond donors (Lipinski definition) is 3. The lowest BCUT2D eigenvalue weighted by Crippen LogP contribution is -2.30. The van der Waals surface area contributed by atoms with E-state index >= 15 is 0 Å². The van der Waals surface area contributed by atoms with Crippen molar-refractivity contribution in [1.82, 2.24) is 5.32 Å². The van der Waals surface area contributed by atoms with Gasteiger partial charge in [0, 0.05) is 21.0 Å². The summed E-state index contributed by atoms with van der Waals surface area (Å²) >= 11 is 2.75. The fourth-order valence-corrected chi connectivity index (χ4v) is 7.14. The van der Waals surface area contributed by atoms with Crippen molar-refractivity contribution in [3.63, 3.8) is 0 Å². The van der Waals surface area contributed by atoms with Crippen molar-refractivity contribution in [3.8, 4) is 5.75 Å². The first-order chi connectivity index (χ1) is 22.8. The number of carbonyl (C=O) groups excluding carboxylic acids is 4. The molecule has 47 heavy (non-hydrogen) atoms. The first-order valence-corrected chi connectivity index (χ1v) is 17.0. The van der Waals surface area contributed by atoms with E-state index in [-0.39, 0.29) is 24.0 Å². The smallest absolute Gasteiger partial charge is 0.341 e. The first-order valence-electron chi connectivity index (χ1n) is 15.2. The highest BCUT2D eigenvalue weighted by molar-refractivity contribution is 8.00. The number of esters is 1. The summed E-state index contributed by atoms with van der Waals surface area (Å²) in [5.41, 5.74) is 3.07. The van der Waals surface area contributed by atoms with Crippen LogP contribution in [0.5, 0.6) is 5.75 Å². The van der Waals surface area contributed by atoms with E-state index in [1.807, 2.05) is 6.07 Å². The third-order valence-corrected chi connectivity index (χ3v) is 9.50. The number of anilines is 2. The molecule has 0 unspecified atom stereocenters. The molecule has 3 N–H and O–H groups in total. The Labute approximate surface area is 281 Å². The standard InChI is InChI=1S/C36H35N3O6S2/c1-3-45-36(43)32-28-17-7-8-18-30(28)47-35(32)39-31(40)22-46-27-16-10-14-25(21-27)37-34(42)29(20-23-11-9-15-26(19-23)44-2)38-33(41)24-12-5-4-6-13-24/h4-6,9-16,19-21H,3,7-8,17-18,22H2,1-2H3,(H,37,42)(H,38,41)(H,39,40)/b29-20-. The van der Waals surface area contributed by atoms with E-state index in [0.29, 0.717) is 33.1 Å². The van der Waals surface area contributed by atoms with Crippen LogP contribution in [0.2, 0.25) is 0 Å². The van der Waals surface area contributed by atoms with Crippen LogP contribution < -0.4 is 20.7 Å². The molecule has 0 saturated carbocycles. The maximum atomic E-state index is 13.5. The number of hydrogen-bond acceptors (Lipinski definition) is 8. The second-order valence-electron chi connectivity index (χ2n) is 10.6. The maximum absolute atomic E-state index is 13.5. The van der Waals surface area contributed by atoms with E-state index < -0.39 is 17.8 Å². The predicted molar refractivity (Wildman–Crippen MR) is 186 cm³/mol. The lowest BCUT2D eigenvalue weighted by Gasteiger charge is -2.13. The van der Waals surface area contributed by atoms with E-state index in [9.17, 15) is 19.2 Å². The van der Waals surface area contributed by atoms with Crippen LogP contribution in [0.25, 0.3) is 6.08 Å². The summed E-state index contributed by atoms with van der Waals surface area (Å²) in [4.78, 5) is 54.1. The molecule has 1 aliphatic rings. The maximum Gasteiger partial charge on any atom is 0.341 e. The largest absolute Gasteiger partial charge is 0.497 e. The fourth-order valence-electron chi connectivity index (χ4n) is 5.09. The third-order valence-electron chi connectivity index (χ3n) is 7.30. The normalized spacial score (nSPS) is 12.4. The van der Waals surface area contributed by atoms with Gasteiger partial charge >= 0.3 is 5.97 Å². The van der Waals surface area contributed by atoms with E-state index in [4.69, 9.17) is 9.47 Å².